The van der Waals surface area contributed by atoms with E-state index in [0.29, 0.717) is 17.8 Å². The average molecular weight is 198 g/mol. The molecule has 1 aliphatic carbocycles. The Morgan fingerprint density at radius 3 is 2.57 bits per heavy atom. The van der Waals surface area contributed by atoms with Crippen molar-refractivity contribution in [2.75, 3.05) is 6.61 Å². The smallest absolute Gasteiger partial charge is 0.128 e. The predicted molar refractivity (Wildman–Crippen MR) is 56.9 cm³/mol. The van der Waals surface area contributed by atoms with Crippen molar-refractivity contribution >= 4 is 6.29 Å². The Balaban J connectivity index is 2.87. The van der Waals surface area contributed by atoms with Crippen LogP contribution >= 0.6 is 0 Å². The molecule has 0 bridgehead atoms. The van der Waals surface area contributed by atoms with E-state index in [4.69, 9.17) is 0 Å². The molecule has 0 spiro atoms. The van der Waals surface area contributed by atoms with Crippen molar-refractivity contribution in [3.05, 3.63) is 0 Å². The highest BCUT2D eigenvalue weighted by Crippen LogP contribution is 2.45. The molecule has 0 aromatic heterocycles. The first-order valence-corrected chi connectivity index (χ1v) is 5.63. The third kappa shape index (κ3) is 2.00. The van der Waals surface area contributed by atoms with Crippen LogP contribution in [0.1, 0.15) is 40.0 Å². The summed E-state index contributed by atoms with van der Waals surface area (Å²) in [5.41, 5.74) is -0.453. The van der Waals surface area contributed by atoms with Gasteiger partial charge in [-0.15, -0.1) is 0 Å². The fourth-order valence-electron chi connectivity index (χ4n) is 3.01. The van der Waals surface area contributed by atoms with Gasteiger partial charge >= 0.3 is 0 Å². The highest BCUT2D eigenvalue weighted by atomic mass is 16.3. The van der Waals surface area contributed by atoms with Crippen LogP contribution in [0.5, 0.6) is 0 Å². The maximum atomic E-state index is 11.2. The largest absolute Gasteiger partial charge is 0.395 e. The van der Waals surface area contributed by atoms with Gasteiger partial charge in [-0.2, -0.15) is 0 Å². The second-order valence-corrected chi connectivity index (χ2v) is 5.25. The van der Waals surface area contributed by atoms with Crippen LogP contribution in [0.25, 0.3) is 0 Å². The van der Waals surface area contributed by atoms with Gasteiger partial charge in [0.1, 0.15) is 6.29 Å². The number of hydrogen-bond donors (Lipinski definition) is 1. The number of carbonyl (C=O) groups excluding carboxylic acids is 1. The third-order valence-electron chi connectivity index (χ3n) is 3.77. The molecule has 14 heavy (non-hydrogen) atoms. The van der Waals surface area contributed by atoms with Gasteiger partial charge in [0.15, 0.2) is 0 Å². The minimum Gasteiger partial charge on any atom is -0.395 e. The van der Waals surface area contributed by atoms with Crippen molar-refractivity contribution in [3.63, 3.8) is 0 Å². The van der Waals surface area contributed by atoms with Gasteiger partial charge in [0.25, 0.3) is 0 Å². The number of aliphatic hydroxyl groups excluding tert-OH is 1. The minimum absolute atomic E-state index is 0.0175. The average Bonchev–Trinajstić information content (AvgIpc) is 2.16. The molecule has 1 N–H and O–H groups in total. The van der Waals surface area contributed by atoms with E-state index >= 15 is 0 Å². The molecule has 1 aliphatic rings. The standard InChI is InChI=1S/C12H22O2/c1-9(2)11-5-4-10(3)6-12(11,7-13)8-14/h7,9-11,14H,4-6,8H2,1-3H3. The van der Waals surface area contributed by atoms with E-state index in [0.717, 1.165) is 19.1 Å². The quantitative estimate of drug-likeness (QED) is 0.706. The maximum absolute atomic E-state index is 11.2. The Kier molecular flexibility index (Phi) is 3.71. The molecule has 0 aliphatic heterocycles. The van der Waals surface area contributed by atoms with Crippen LogP contribution in [-0.2, 0) is 4.79 Å². The first-order valence-electron chi connectivity index (χ1n) is 5.63. The Bertz CT molecular complexity index is 200. The van der Waals surface area contributed by atoms with Crippen LogP contribution in [0, 0.1) is 23.2 Å². The van der Waals surface area contributed by atoms with E-state index in [9.17, 15) is 9.90 Å². The molecule has 1 rings (SSSR count). The summed E-state index contributed by atoms with van der Waals surface area (Å²) >= 11 is 0. The molecule has 0 aromatic rings. The zero-order valence-electron chi connectivity index (χ0n) is 9.49. The third-order valence-corrected chi connectivity index (χ3v) is 3.77. The molecule has 82 valence electrons. The summed E-state index contributed by atoms with van der Waals surface area (Å²) in [5, 5.41) is 9.45. The van der Waals surface area contributed by atoms with Gasteiger partial charge in [-0.1, -0.05) is 27.2 Å². The molecule has 0 heterocycles. The Labute approximate surface area is 86.7 Å². The van der Waals surface area contributed by atoms with E-state index < -0.39 is 5.41 Å². The van der Waals surface area contributed by atoms with E-state index in [1.54, 1.807) is 0 Å². The van der Waals surface area contributed by atoms with E-state index in [-0.39, 0.29) is 6.61 Å². The van der Waals surface area contributed by atoms with Gasteiger partial charge in [0.05, 0.1) is 12.0 Å². The highest BCUT2D eigenvalue weighted by Gasteiger charge is 2.43. The summed E-state index contributed by atoms with van der Waals surface area (Å²) in [5.74, 6) is 1.42. The van der Waals surface area contributed by atoms with Crippen molar-refractivity contribution in [1.29, 1.82) is 0 Å². The van der Waals surface area contributed by atoms with Gasteiger partial charge in [0, 0.05) is 0 Å². The van der Waals surface area contributed by atoms with Crippen LogP contribution < -0.4 is 0 Å². The fraction of sp³-hybridized carbons (Fsp3) is 0.917. The second-order valence-electron chi connectivity index (χ2n) is 5.25. The van der Waals surface area contributed by atoms with Crippen LogP contribution in [0.3, 0.4) is 0 Å². The molecule has 1 saturated carbocycles. The first kappa shape index (κ1) is 11.7. The summed E-state index contributed by atoms with van der Waals surface area (Å²) in [4.78, 5) is 11.2. The van der Waals surface area contributed by atoms with Crippen molar-refractivity contribution in [3.8, 4) is 0 Å². The molecule has 3 unspecified atom stereocenters. The molecule has 0 saturated heterocycles. The summed E-state index contributed by atoms with van der Waals surface area (Å²) in [6, 6.07) is 0. The summed E-state index contributed by atoms with van der Waals surface area (Å²) < 4.78 is 0. The topological polar surface area (TPSA) is 37.3 Å². The Morgan fingerprint density at radius 1 is 1.50 bits per heavy atom. The maximum Gasteiger partial charge on any atom is 0.128 e. The highest BCUT2D eigenvalue weighted by molar-refractivity contribution is 5.60. The van der Waals surface area contributed by atoms with Crippen LogP contribution in [0.15, 0.2) is 0 Å². The molecule has 2 nitrogen and oxygen atoms in total. The van der Waals surface area contributed by atoms with Gasteiger partial charge in [-0.25, -0.2) is 0 Å². The molecule has 0 radical (unpaired) electrons. The van der Waals surface area contributed by atoms with Crippen LogP contribution in [-0.4, -0.2) is 18.0 Å². The molecule has 1 fully saturated rings. The SMILES string of the molecule is CC1CCC(C(C)C)C(C=O)(CO)C1. The summed E-state index contributed by atoms with van der Waals surface area (Å²) in [6.45, 7) is 6.48. The summed E-state index contributed by atoms with van der Waals surface area (Å²) in [6.07, 6.45) is 4.14. The normalized spacial score (nSPS) is 38.6. The molecule has 0 aromatic carbocycles. The fourth-order valence-corrected chi connectivity index (χ4v) is 3.01. The van der Waals surface area contributed by atoms with Crippen LogP contribution in [0.4, 0.5) is 0 Å². The second kappa shape index (κ2) is 4.43. The first-order chi connectivity index (χ1) is 6.55. The number of hydrogen-bond acceptors (Lipinski definition) is 2. The molecular weight excluding hydrogens is 176 g/mol. The number of carbonyl (C=O) groups is 1. The van der Waals surface area contributed by atoms with Crippen molar-refractivity contribution in [2.24, 2.45) is 23.2 Å². The Morgan fingerprint density at radius 2 is 2.14 bits per heavy atom. The number of aliphatic hydroxyl groups is 1. The molecule has 3 atom stereocenters. The van der Waals surface area contributed by atoms with Gasteiger partial charge < -0.3 is 9.90 Å². The lowest BCUT2D eigenvalue weighted by atomic mass is 9.61. The van der Waals surface area contributed by atoms with Gasteiger partial charge in [0.2, 0.25) is 0 Å². The van der Waals surface area contributed by atoms with E-state index in [2.05, 4.69) is 20.8 Å². The monoisotopic (exact) mass is 198 g/mol. The van der Waals surface area contributed by atoms with Crippen molar-refractivity contribution < 1.29 is 9.90 Å². The van der Waals surface area contributed by atoms with E-state index in [1.165, 1.54) is 6.42 Å². The van der Waals surface area contributed by atoms with Crippen LogP contribution in [0.2, 0.25) is 0 Å². The van der Waals surface area contributed by atoms with Gasteiger partial charge in [-0.3, -0.25) is 0 Å². The van der Waals surface area contributed by atoms with Crippen molar-refractivity contribution in [2.45, 2.75) is 40.0 Å². The minimum atomic E-state index is -0.453. The predicted octanol–water partition coefficient (Wildman–Crippen LogP) is 2.26. The van der Waals surface area contributed by atoms with Crippen molar-refractivity contribution in [1.82, 2.24) is 0 Å². The lowest BCUT2D eigenvalue weighted by molar-refractivity contribution is -0.128. The van der Waals surface area contributed by atoms with Gasteiger partial charge in [-0.05, 0) is 30.6 Å². The molecule has 0 amide bonds. The Hall–Kier alpha value is -0.370. The number of rotatable bonds is 3. The van der Waals surface area contributed by atoms with E-state index in [1.807, 2.05) is 0 Å². The molecule has 2 heteroatoms. The lowest BCUT2D eigenvalue weighted by Gasteiger charge is -2.43. The zero-order valence-corrected chi connectivity index (χ0v) is 9.49. The number of aldehydes is 1. The summed E-state index contributed by atoms with van der Waals surface area (Å²) in [7, 11) is 0. The molecular formula is C12H22O2. The lowest BCUT2D eigenvalue weighted by Crippen LogP contribution is -2.43. The zero-order chi connectivity index (χ0) is 10.8.